The zero-order valence-electron chi connectivity index (χ0n) is 14.2. The molecule has 7 heteroatoms. The fourth-order valence-corrected chi connectivity index (χ4v) is 3.70. The Balaban J connectivity index is 1.48. The summed E-state index contributed by atoms with van der Waals surface area (Å²) < 4.78 is 19.3. The maximum atomic E-state index is 6.33. The molecule has 6 nitrogen and oxygen atoms in total. The quantitative estimate of drug-likeness (QED) is 0.905. The van der Waals surface area contributed by atoms with Crippen molar-refractivity contribution >= 4 is 11.6 Å². The number of aromatic nitrogens is 2. The summed E-state index contributed by atoms with van der Waals surface area (Å²) in [5, 5.41) is 4.20. The molecule has 0 unspecified atom stereocenters. The van der Waals surface area contributed by atoms with E-state index in [4.69, 9.17) is 25.8 Å². The molecule has 0 amide bonds. The predicted molar refractivity (Wildman–Crippen MR) is 94.2 cm³/mol. The molecule has 3 heterocycles. The van der Waals surface area contributed by atoms with Gasteiger partial charge in [0.05, 0.1) is 5.02 Å². The van der Waals surface area contributed by atoms with E-state index in [0.29, 0.717) is 30.5 Å². The second-order valence-corrected chi connectivity index (χ2v) is 6.83. The zero-order valence-corrected chi connectivity index (χ0v) is 15.0. The third-order valence-corrected chi connectivity index (χ3v) is 4.94. The number of ether oxygens (including phenoxy) is 3. The molecule has 4 rings (SSSR count). The summed E-state index contributed by atoms with van der Waals surface area (Å²) in [6.45, 7) is 2.55. The molecule has 0 spiro atoms. The first-order valence-corrected chi connectivity index (χ1v) is 9.00. The van der Waals surface area contributed by atoms with Gasteiger partial charge in [-0.3, -0.25) is 0 Å². The Labute approximate surface area is 152 Å². The van der Waals surface area contributed by atoms with Crippen LogP contribution in [0.1, 0.15) is 30.3 Å². The van der Waals surface area contributed by atoms with Crippen LogP contribution in [0.15, 0.2) is 24.5 Å². The third-order valence-electron chi connectivity index (χ3n) is 4.66. The average molecular weight is 364 g/mol. The van der Waals surface area contributed by atoms with Crippen molar-refractivity contribution in [1.82, 2.24) is 14.9 Å². The van der Waals surface area contributed by atoms with E-state index in [2.05, 4.69) is 10.3 Å². The fraction of sp³-hybridized carbons (Fsp3) is 0.500. The topological polar surface area (TPSA) is 57.5 Å². The van der Waals surface area contributed by atoms with Crippen LogP contribution in [0.4, 0.5) is 0 Å². The number of hydrogen-bond acceptors (Lipinski definition) is 5. The highest BCUT2D eigenvalue weighted by Crippen LogP contribution is 2.38. The highest BCUT2D eigenvalue weighted by molar-refractivity contribution is 6.32. The predicted octanol–water partition coefficient (Wildman–Crippen LogP) is 2.85. The summed E-state index contributed by atoms with van der Waals surface area (Å²) in [7, 11) is 2.00. The Morgan fingerprint density at radius 2 is 2.16 bits per heavy atom. The Hall–Kier alpha value is -1.76. The van der Waals surface area contributed by atoms with Gasteiger partial charge in [0.25, 0.3) is 0 Å². The van der Waals surface area contributed by atoms with E-state index in [1.165, 1.54) is 0 Å². The number of rotatable bonds is 4. The van der Waals surface area contributed by atoms with Crippen LogP contribution in [-0.2, 0) is 18.3 Å². The van der Waals surface area contributed by atoms with E-state index in [9.17, 15) is 0 Å². The van der Waals surface area contributed by atoms with Gasteiger partial charge in [0.2, 0.25) is 0 Å². The molecule has 25 heavy (non-hydrogen) atoms. The first-order chi connectivity index (χ1) is 12.2. The van der Waals surface area contributed by atoms with Crippen LogP contribution in [0, 0.1) is 0 Å². The summed E-state index contributed by atoms with van der Waals surface area (Å²) in [5.41, 5.74) is 1.07. The monoisotopic (exact) mass is 363 g/mol. The summed E-state index contributed by atoms with van der Waals surface area (Å²) in [5.74, 6) is 2.32. The maximum absolute atomic E-state index is 6.33. The van der Waals surface area contributed by atoms with Crippen molar-refractivity contribution in [2.75, 3.05) is 19.8 Å². The smallest absolute Gasteiger partial charge is 0.179 e. The second-order valence-electron chi connectivity index (χ2n) is 6.42. The summed E-state index contributed by atoms with van der Waals surface area (Å²) in [4.78, 5) is 4.46. The minimum atomic E-state index is -0.0403. The van der Waals surface area contributed by atoms with Gasteiger partial charge in [-0.15, -0.1) is 0 Å². The summed E-state index contributed by atoms with van der Waals surface area (Å²) >= 11 is 6.33. The molecular weight excluding hydrogens is 342 g/mol. The van der Waals surface area contributed by atoms with E-state index in [1.807, 2.05) is 36.1 Å². The van der Waals surface area contributed by atoms with Gasteiger partial charge in [-0.1, -0.05) is 11.6 Å². The molecule has 1 aromatic heterocycles. The van der Waals surface area contributed by atoms with Crippen LogP contribution in [0.3, 0.4) is 0 Å². The Morgan fingerprint density at radius 3 is 3.00 bits per heavy atom. The molecule has 2 aromatic rings. The summed E-state index contributed by atoms with van der Waals surface area (Å²) in [6.07, 6.45) is 5.81. The van der Waals surface area contributed by atoms with Crippen molar-refractivity contribution in [3.8, 4) is 11.5 Å². The Bertz CT molecular complexity index is 749. The standard InChI is InChI=1S/C18H22ClN3O3/c1-22-5-4-20-18(22)17-14(3-2-6-24-17)21-11-12-9-13(19)16-15(10-12)23-7-8-25-16/h4-5,9-10,14,17,21H,2-3,6-8,11H2,1H3/t14-,17-/m0/s1. The maximum Gasteiger partial charge on any atom is 0.179 e. The van der Waals surface area contributed by atoms with Gasteiger partial charge >= 0.3 is 0 Å². The van der Waals surface area contributed by atoms with Crippen LogP contribution in [0.2, 0.25) is 5.02 Å². The van der Waals surface area contributed by atoms with Gasteiger partial charge in [-0.25, -0.2) is 4.98 Å². The van der Waals surface area contributed by atoms with Crippen LogP contribution in [-0.4, -0.2) is 35.4 Å². The molecule has 0 radical (unpaired) electrons. The lowest BCUT2D eigenvalue weighted by Gasteiger charge is -2.32. The largest absolute Gasteiger partial charge is 0.486 e. The van der Waals surface area contributed by atoms with E-state index in [-0.39, 0.29) is 12.1 Å². The number of halogens is 1. The number of fused-ring (bicyclic) bond motifs is 1. The van der Waals surface area contributed by atoms with Crippen LogP contribution in [0.25, 0.3) is 0 Å². The lowest BCUT2D eigenvalue weighted by atomic mass is 10.0. The SMILES string of the molecule is Cn1ccnc1[C@H]1OCCC[C@@H]1NCc1cc(Cl)c2c(c1)OCCO2. The first-order valence-electron chi connectivity index (χ1n) is 8.62. The van der Waals surface area contributed by atoms with Gasteiger partial charge in [0, 0.05) is 38.6 Å². The molecule has 1 saturated heterocycles. The van der Waals surface area contributed by atoms with Crippen LogP contribution < -0.4 is 14.8 Å². The van der Waals surface area contributed by atoms with Gasteiger partial charge in [0.1, 0.15) is 25.1 Å². The van der Waals surface area contributed by atoms with Gasteiger partial charge < -0.3 is 24.1 Å². The van der Waals surface area contributed by atoms with Crippen molar-refractivity contribution < 1.29 is 14.2 Å². The molecule has 1 aromatic carbocycles. The van der Waals surface area contributed by atoms with Crippen LogP contribution >= 0.6 is 11.6 Å². The number of hydrogen-bond donors (Lipinski definition) is 1. The average Bonchev–Trinajstić information content (AvgIpc) is 3.06. The highest BCUT2D eigenvalue weighted by Gasteiger charge is 2.30. The minimum Gasteiger partial charge on any atom is -0.486 e. The lowest BCUT2D eigenvalue weighted by molar-refractivity contribution is -0.0178. The number of imidazole rings is 1. The molecule has 2 aliphatic heterocycles. The van der Waals surface area contributed by atoms with Gasteiger partial charge in [-0.2, -0.15) is 0 Å². The second kappa shape index (κ2) is 7.23. The van der Waals surface area contributed by atoms with Crippen molar-refractivity contribution in [1.29, 1.82) is 0 Å². The molecule has 1 N–H and O–H groups in total. The summed E-state index contributed by atoms with van der Waals surface area (Å²) in [6, 6.07) is 4.13. The number of nitrogens with one attached hydrogen (secondary N) is 1. The lowest BCUT2D eigenvalue weighted by Crippen LogP contribution is -2.40. The van der Waals surface area contributed by atoms with Gasteiger partial charge in [-0.05, 0) is 30.5 Å². The molecule has 134 valence electrons. The molecular formula is C18H22ClN3O3. The molecule has 0 aliphatic carbocycles. The van der Waals surface area contributed by atoms with Crippen molar-refractivity contribution in [2.45, 2.75) is 31.5 Å². The van der Waals surface area contributed by atoms with Gasteiger partial charge in [0.15, 0.2) is 11.5 Å². The number of nitrogens with zero attached hydrogens (tertiary/aromatic N) is 2. The Kier molecular flexibility index (Phi) is 4.83. The van der Waals surface area contributed by atoms with Crippen molar-refractivity contribution in [3.05, 3.63) is 40.9 Å². The van der Waals surface area contributed by atoms with E-state index in [1.54, 1.807) is 0 Å². The molecule has 0 saturated carbocycles. The third kappa shape index (κ3) is 3.47. The van der Waals surface area contributed by atoms with Crippen molar-refractivity contribution in [2.24, 2.45) is 7.05 Å². The molecule has 2 atom stereocenters. The van der Waals surface area contributed by atoms with Crippen LogP contribution in [0.5, 0.6) is 11.5 Å². The molecule has 1 fully saturated rings. The Morgan fingerprint density at radius 1 is 1.28 bits per heavy atom. The zero-order chi connectivity index (χ0) is 17.2. The first kappa shape index (κ1) is 16.7. The van der Waals surface area contributed by atoms with E-state index in [0.717, 1.165) is 36.6 Å². The highest BCUT2D eigenvalue weighted by atomic mass is 35.5. The number of aryl methyl sites for hydroxylation is 1. The number of benzene rings is 1. The fourth-order valence-electron chi connectivity index (χ4n) is 3.41. The van der Waals surface area contributed by atoms with E-state index < -0.39 is 0 Å². The molecule has 0 bridgehead atoms. The van der Waals surface area contributed by atoms with E-state index >= 15 is 0 Å². The van der Waals surface area contributed by atoms with Crippen molar-refractivity contribution in [3.63, 3.8) is 0 Å². The minimum absolute atomic E-state index is 0.0403. The normalized spacial score (nSPS) is 22.8. The molecule has 2 aliphatic rings.